The summed E-state index contributed by atoms with van der Waals surface area (Å²) in [6, 6.07) is 4.20. The number of hydrogen-bond acceptors (Lipinski definition) is 3. The molecule has 3 aromatic rings. The van der Waals surface area contributed by atoms with Gasteiger partial charge in [0.05, 0.1) is 21.7 Å². The number of carbonyl (C=O) groups is 1. The lowest BCUT2D eigenvalue weighted by Gasteiger charge is -2.12. The summed E-state index contributed by atoms with van der Waals surface area (Å²) in [6.45, 7) is 2.62. The zero-order chi connectivity index (χ0) is 21.5. The number of alkyl halides is 5. The van der Waals surface area contributed by atoms with E-state index in [1.165, 1.54) is 26.0 Å². The number of aryl methyl sites for hydroxylation is 2. The number of anilines is 1. The monoisotopic (exact) mass is 432 g/mol. The molecule has 1 aromatic carbocycles. The van der Waals surface area contributed by atoms with Crippen LogP contribution in [-0.2, 0) is 17.5 Å². The predicted molar refractivity (Wildman–Crippen MR) is 97.0 cm³/mol. The highest BCUT2D eigenvalue weighted by atomic mass is 35.5. The standard InChI is InChI=1S/C18H14ClF5N4O/c1-8-5-11(16(20)21)15-9(2)27-28(17(15)25-8)7-14(29)26-10-3-4-13(19)12(6-10)18(22,23)24/h3-6,16H,7H2,1-2H3,(H,26,29). The highest BCUT2D eigenvalue weighted by Crippen LogP contribution is 2.36. The smallest absolute Gasteiger partial charge is 0.324 e. The Kier molecular flexibility index (Phi) is 5.48. The minimum atomic E-state index is -4.68. The Labute approximate surface area is 166 Å². The lowest BCUT2D eigenvalue weighted by atomic mass is 10.1. The number of nitrogens with one attached hydrogen (secondary N) is 1. The Morgan fingerprint density at radius 1 is 1.24 bits per heavy atom. The number of benzene rings is 1. The highest BCUT2D eigenvalue weighted by molar-refractivity contribution is 6.31. The van der Waals surface area contributed by atoms with Crippen LogP contribution in [0.15, 0.2) is 24.3 Å². The van der Waals surface area contributed by atoms with E-state index < -0.39 is 35.6 Å². The van der Waals surface area contributed by atoms with Crippen molar-refractivity contribution in [3.8, 4) is 0 Å². The summed E-state index contributed by atoms with van der Waals surface area (Å²) < 4.78 is 66.7. The molecule has 0 bridgehead atoms. The second kappa shape index (κ2) is 7.58. The first-order valence-electron chi connectivity index (χ1n) is 8.26. The van der Waals surface area contributed by atoms with E-state index in [1.54, 1.807) is 0 Å². The van der Waals surface area contributed by atoms with Gasteiger partial charge >= 0.3 is 6.18 Å². The van der Waals surface area contributed by atoms with Crippen molar-refractivity contribution in [3.05, 3.63) is 51.8 Å². The van der Waals surface area contributed by atoms with Crippen molar-refractivity contribution in [1.82, 2.24) is 14.8 Å². The third-order valence-electron chi connectivity index (χ3n) is 4.12. The number of rotatable bonds is 4. The molecule has 0 aliphatic carbocycles. The Bertz CT molecular complexity index is 1090. The molecule has 0 aliphatic rings. The normalized spacial score (nSPS) is 12.0. The zero-order valence-corrected chi connectivity index (χ0v) is 15.9. The SMILES string of the molecule is Cc1cc(C(F)F)c2c(C)nn(CC(=O)Nc3ccc(Cl)c(C(F)(F)F)c3)c2n1. The molecule has 0 fully saturated rings. The second-order valence-corrected chi connectivity index (χ2v) is 6.74. The first-order chi connectivity index (χ1) is 13.5. The van der Waals surface area contributed by atoms with Crippen LogP contribution in [0.4, 0.5) is 27.6 Å². The molecule has 0 spiro atoms. The van der Waals surface area contributed by atoms with Crippen molar-refractivity contribution >= 4 is 34.2 Å². The molecule has 0 saturated heterocycles. The van der Waals surface area contributed by atoms with Crippen molar-refractivity contribution in [1.29, 1.82) is 0 Å². The first-order valence-corrected chi connectivity index (χ1v) is 8.64. The van der Waals surface area contributed by atoms with Gasteiger partial charge in [-0.3, -0.25) is 4.79 Å². The Morgan fingerprint density at radius 3 is 2.55 bits per heavy atom. The van der Waals surface area contributed by atoms with Crippen LogP contribution < -0.4 is 5.32 Å². The highest BCUT2D eigenvalue weighted by Gasteiger charge is 2.33. The molecule has 0 unspecified atom stereocenters. The van der Waals surface area contributed by atoms with E-state index in [2.05, 4.69) is 15.4 Å². The summed E-state index contributed by atoms with van der Waals surface area (Å²) in [6.07, 6.45) is -7.43. The quantitative estimate of drug-likeness (QED) is 0.569. The van der Waals surface area contributed by atoms with Crippen molar-refractivity contribution in [2.45, 2.75) is 33.0 Å². The van der Waals surface area contributed by atoms with Gasteiger partial charge in [-0.15, -0.1) is 0 Å². The molecule has 1 N–H and O–H groups in total. The largest absolute Gasteiger partial charge is 0.417 e. The number of halogens is 6. The summed E-state index contributed by atoms with van der Waals surface area (Å²) >= 11 is 5.55. The van der Waals surface area contributed by atoms with Gasteiger partial charge < -0.3 is 5.32 Å². The maximum Gasteiger partial charge on any atom is 0.417 e. The Hall–Kier alpha value is -2.75. The molecule has 154 valence electrons. The van der Waals surface area contributed by atoms with Crippen LogP contribution in [0, 0.1) is 13.8 Å². The summed E-state index contributed by atoms with van der Waals surface area (Å²) in [5.74, 6) is -0.702. The average molecular weight is 433 g/mol. The first kappa shape index (κ1) is 21.0. The molecule has 0 aliphatic heterocycles. The molecular formula is C18H14ClF5N4O. The minimum absolute atomic E-state index is 0.0973. The van der Waals surface area contributed by atoms with Crippen molar-refractivity contribution in [2.24, 2.45) is 0 Å². The van der Waals surface area contributed by atoms with E-state index in [9.17, 15) is 26.7 Å². The lowest BCUT2D eigenvalue weighted by molar-refractivity contribution is -0.137. The van der Waals surface area contributed by atoms with Gasteiger partial charge in [0.25, 0.3) is 6.43 Å². The molecule has 1 amide bonds. The van der Waals surface area contributed by atoms with Crippen LogP contribution >= 0.6 is 11.6 Å². The van der Waals surface area contributed by atoms with Crippen molar-refractivity contribution in [3.63, 3.8) is 0 Å². The van der Waals surface area contributed by atoms with Gasteiger partial charge in [-0.1, -0.05) is 11.6 Å². The van der Waals surface area contributed by atoms with Gasteiger partial charge in [-0.05, 0) is 38.1 Å². The molecule has 2 heterocycles. The molecule has 29 heavy (non-hydrogen) atoms. The molecule has 0 saturated carbocycles. The van der Waals surface area contributed by atoms with Crippen LogP contribution in [0.2, 0.25) is 5.02 Å². The number of fused-ring (bicyclic) bond motifs is 1. The third kappa shape index (κ3) is 4.31. The Morgan fingerprint density at radius 2 is 1.93 bits per heavy atom. The summed E-state index contributed by atoms with van der Waals surface area (Å²) in [5.41, 5.74) is -0.763. The molecule has 5 nitrogen and oxygen atoms in total. The van der Waals surface area contributed by atoms with Crippen LogP contribution in [0.25, 0.3) is 11.0 Å². The molecule has 11 heteroatoms. The number of pyridine rings is 1. The molecule has 0 radical (unpaired) electrons. The fraction of sp³-hybridized carbons (Fsp3) is 0.278. The van der Waals surface area contributed by atoms with Gasteiger partial charge in [0, 0.05) is 16.9 Å². The maximum atomic E-state index is 13.3. The summed E-state index contributed by atoms with van der Waals surface area (Å²) in [4.78, 5) is 16.5. The Balaban J connectivity index is 1.90. The molecule has 3 rings (SSSR count). The zero-order valence-electron chi connectivity index (χ0n) is 15.1. The van der Waals surface area contributed by atoms with Crippen molar-refractivity contribution < 1.29 is 26.7 Å². The van der Waals surface area contributed by atoms with Gasteiger partial charge in [0.1, 0.15) is 6.54 Å². The van der Waals surface area contributed by atoms with Crippen LogP contribution in [0.1, 0.15) is 28.9 Å². The summed E-state index contributed by atoms with van der Waals surface area (Å²) in [5, 5.41) is 6.05. The number of aromatic nitrogens is 3. The maximum absolute atomic E-state index is 13.3. The van der Waals surface area contributed by atoms with Crippen LogP contribution in [-0.4, -0.2) is 20.7 Å². The number of carbonyl (C=O) groups excluding carboxylic acids is 1. The fourth-order valence-electron chi connectivity index (χ4n) is 2.96. The summed E-state index contributed by atoms with van der Waals surface area (Å²) in [7, 11) is 0. The van der Waals surface area contributed by atoms with E-state index in [0.29, 0.717) is 11.8 Å². The van der Waals surface area contributed by atoms with E-state index in [1.807, 2.05) is 0 Å². The van der Waals surface area contributed by atoms with E-state index in [-0.39, 0.29) is 28.0 Å². The molecular weight excluding hydrogens is 419 g/mol. The van der Waals surface area contributed by atoms with Crippen LogP contribution in [0.5, 0.6) is 0 Å². The number of hydrogen-bond donors (Lipinski definition) is 1. The average Bonchev–Trinajstić information content (AvgIpc) is 2.90. The minimum Gasteiger partial charge on any atom is -0.324 e. The predicted octanol–water partition coefficient (Wildman–Crippen LogP) is 5.30. The topological polar surface area (TPSA) is 59.8 Å². The van der Waals surface area contributed by atoms with Gasteiger partial charge in [-0.25, -0.2) is 18.4 Å². The van der Waals surface area contributed by atoms with E-state index in [0.717, 1.165) is 10.7 Å². The number of nitrogens with zero attached hydrogens (tertiary/aromatic N) is 3. The van der Waals surface area contributed by atoms with Gasteiger partial charge in [-0.2, -0.15) is 18.3 Å². The van der Waals surface area contributed by atoms with E-state index in [4.69, 9.17) is 11.6 Å². The van der Waals surface area contributed by atoms with Crippen molar-refractivity contribution in [2.75, 3.05) is 5.32 Å². The van der Waals surface area contributed by atoms with E-state index >= 15 is 0 Å². The van der Waals surface area contributed by atoms with Gasteiger partial charge in [0.15, 0.2) is 5.65 Å². The fourth-order valence-corrected chi connectivity index (χ4v) is 3.18. The molecule has 0 atom stereocenters. The third-order valence-corrected chi connectivity index (χ3v) is 4.45. The van der Waals surface area contributed by atoms with Gasteiger partial charge in [0.2, 0.25) is 5.91 Å². The lowest BCUT2D eigenvalue weighted by Crippen LogP contribution is -2.20. The van der Waals surface area contributed by atoms with Crippen LogP contribution in [0.3, 0.4) is 0 Å². The molecule has 2 aromatic heterocycles. The number of amides is 1. The second-order valence-electron chi connectivity index (χ2n) is 6.34.